The van der Waals surface area contributed by atoms with Crippen molar-refractivity contribution >= 4 is 10.0 Å². The zero-order valence-corrected chi connectivity index (χ0v) is 17.2. The van der Waals surface area contributed by atoms with Gasteiger partial charge in [-0.2, -0.15) is 13.2 Å². The minimum atomic E-state index is -4.42. The fourth-order valence-electron chi connectivity index (χ4n) is 3.59. The van der Waals surface area contributed by atoms with Crippen LogP contribution in [0.3, 0.4) is 0 Å². The monoisotopic (exact) mass is 451 g/mol. The molecule has 0 aliphatic carbocycles. The molecule has 0 spiro atoms. The second-order valence-electron chi connectivity index (χ2n) is 7.46. The van der Waals surface area contributed by atoms with Gasteiger partial charge in [-0.05, 0) is 42.7 Å². The van der Waals surface area contributed by atoms with E-state index in [4.69, 9.17) is 4.42 Å². The van der Waals surface area contributed by atoms with Crippen LogP contribution in [-0.2, 0) is 22.0 Å². The Morgan fingerprint density at radius 1 is 1.03 bits per heavy atom. The highest BCUT2D eigenvalue weighted by Crippen LogP contribution is 2.32. The van der Waals surface area contributed by atoms with Crippen molar-refractivity contribution in [2.24, 2.45) is 0 Å². The average Bonchev–Trinajstić information content (AvgIpc) is 3.24. The summed E-state index contributed by atoms with van der Waals surface area (Å²) in [5.41, 5.74) is 0.325. The molecule has 4 rings (SSSR count). The number of piperidine rings is 1. The second-order valence-corrected chi connectivity index (χ2v) is 9.43. The molecule has 1 atom stereocenters. The van der Waals surface area contributed by atoms with Crippen molar-refractivity contribution in [3.05, 3.63) is 71.6 Å². The summed E-state index contributed by atoms with van der Waals surface area (Å²) in [6, 6.07) is 13.4. The van der Waals surface area contributed by atoms with Crippen molar-refractivity contribution in [2.45, 2.75) is 30.7 Å². The van der Waals surface area contributed by atoms with Gasteiger partial charge in [-0.1, -0.05) is 30.3 Å². The van der Waals surface area contributed by atoms with E-state index in [1.165, 1.54) is 16.4 Å². The predicted octanol–water partition coefficient (Wildman–Crippen LogP) is 4.46. The lowest BCUT2D eigenvalue weighted by molar-refractivity contribution is -0.137. The van der Waals surface area contributed by atoms with Crippen LogP contribution in [-0.4, -0.2) is 36.0 Å². The molecule has 164 valence electrons. The number of hydrogen-bond acceptors (Lipinski definition) is 5. The summed E-state index contributed by atoms with van der Waals surface area (Å²) in [6.45, 7) is 0.648. The van der Waals surface area contributed by atoms with Gasteiger partial charge < -0.3 is 4.42 Å². The summed E-state index contributed by atoms with van der Waals surface area (Å²) in [4.78, 5) is 0. The Morgan fingerprint density at radius 2 is 1.74 bits per heavy atom. The number of halogens is 3. The lowest BCUT2D eigenvalue weighted by Crippen LogP contribution is -2.39. The van der Waals surface area contributed by atoms with Crippen LogP contribution in [0.5, 0.6) is 0 Å². The van der Waals surface area contributed by atoms with E-state index < -0.39 is 21.8 Å². The Bertz CT molecular complexity index is 1130. The largest absolute Gasteiger partial charge is 0.420 e. The number of nitrogens with zero attached hydrogens (tertiary/aromatic N) is 3. The van der Waals surface area contributed by atoms with Crippen molar-refractivity contribution in [1.29, 1.82) is 0 Å². The molecular formula is C21H20F3N3O3S. The van der Waals surface area contributed by atoms with Gasteiger partial charge in [0.15, 0.2) is 0 Å². The number of sulfonamides is 1. The van der Waals surface area contributed by atoms with Gasteiger partial charge in [0, 0.05) is 18.7 Å². The molecule has 2 heterocycles. The Morgan fingerprint density at radius 3 is 2.42 bits per heavy atom. The van der Waals surface area contributed by atoms with Crippen molar-refractivity contribution < 1.29 is 26.0 Å². The maximum Gasteiger partial charge on any atom is 0.416 e. The first-order valence-corrected chi connectivity index (χ1v) is 11.4. The first-order chi connectivity index (χ1) is 14.7. The fraction of sp³-hybridized carbons (Fsp3) is 0.333. The van der Waals surface area contributed by atoms with Crippen LogP contribution in [0.2, 0.25) is 0 Å². The number of rotatable bonds is 5. The zero-order chi connectivity index (χ0) is 22.1. The van der Waals surface area contributed by atoms with Gasteiger partial charge >= 0.3 is 6.18 Å². The molecule has 1 aliphatic rings. The van der Waals surface area contributed by atoms with Crippen LogP contribution in [0.25, 0.3) is 11.5 Å². The van der Waals surface area contributed by atoms with Crippen LogP contribution >= 0.6 is 0 Å². The van der Waals surface area contributed by atoms with Gasteiger partial charge in [0.25, 0.3) is 0 Å². The Labute approximate surface area is 177 Å². The molecule has 3 aromatic rings. The molecule has 31 heavy (non-hydrogen) atoms. The minimum absolute atomic E-state index is 0.0821. The minimum Gasteiger partial charge on any atom is -0.420 e. The zero-order valence-electron chi connectivity index (χ0n) is 16.4. The smallest absolute Gasteiger partial charge is 0.416 e. The van der Waals surface area contributed by atoms with Gasteiger partial charge in [-0.3, -0.25) is 0 Å². The first-order valence-electron chi connectivity index (χ1n) is 9.75. The molecule has 0 bridgehead atoms. The van der Waals surface area contributed by atoms with Gasteiger partial charge in [0.05, 0.1) is 17.2 Å². The van der Waals surface area contributed by atoms with Gasteiger partial charge in [0.1, 0.15) is 0 Å². The van der Waals surface area contributed by atoms with Crippen molar-refractivity contribution in [3.8, 4) is 11.5 Å². The highest BCUT2D eigenvalue weighted by molar-refractivity contribution is 7.88. The number of benzene rings is 2. The third-order valence-corrected chi connectivity index (χ3v) is 7.04. The van der Waals surface area contributed by atoms with E-state index >= 15 is 0 Å². The Hall–Kier alpha value is -2.72. The fourth-order valence-corrected chi connectivity index (χ4v) is 5.20. The number of alkyl halides is 3. The molecule has 10 heteroatoms. The van der Waals surface area contributed by atoms with E-state index in [0.717, 1.165) is 12.1 Å². The third kappa shape index (κ3) is 4.96. The summed E-state index contributed by atoms with van der Waals surface area (Å²) < 4.78 is 71.0. The van der Waals surface area contributed by atoms with Crippen molar-refractivity contribution in [3.63, 3.8) is 0 Å². The maximum atomic E-state index is 12.8. The van der Waals surface area contributed by atoms with Gasteiger partial charge in [-0.25, -0.2) is 12.7 Å². The molecule has 2 aromatic carbocycles. The SMILES string of the molecule is O=S(=O)(Cc1ccccc1)N1CCCC(c2nnc(-c3ccc(C(F)(F)F)cc3)o2)C1. The molecule has 0 N–H and O–H groups in total. The Kier molecular flexibility index (Phi) is 5.85. The summed E-state index contributed by atoms with van der Waals surface area (Å²) in [6.07, 6.45) is -3.09. The van der Waals surface area contributed by atoms with E-state index in [9.17, 15) is 21.6 Å². The second kappa shape index (κ2) is 8.43. The lowest BCUT2D eigenvalue weighted by Gasteiger charge is -2.30. The number of hydrogen-bond donors (Lipinski definition) is 0. The van der Waals surface area contributed by atoms with E-state index in [0.29, 0.717) is 30.5 Å². The quantitative estimate of drug-likeness (QED) is 0.572. The summed E-state index contributed by atoms with van der Waals surface area (Å²) >= 11 is 0. The summed E-state index contributed by atoms with van der Waals surface area (Å²) in [5.74, 6) is 0.0405. The summed E-state index contributed by atoms with van der Waals surface area (Å²) in [5, 5.41) is 7.97. The topological polar surface area (TPSA) is 76.3 Å². The summed E-state index contributed by atoms with van der Waals surface area (Å²) in [7, 11) is -3.50. The van der Waals surface area contributed by atoms with Gasteiger partial charge in [-0.15, -0.1) is 10.2 Å². The van der Waals surface area contributed by atoms with Gasteiger partial charge in [0.2, 0.25) is 21.8 Å². The lowest BCUT2D eigenvalue weighted by atomic mass is 10.00. The molecule has 1 aromatic heterocycles. The highest BCUT2D eigenvalue weighted by Gasteiger charge is 2.33. The van der Waals surface area contributed by atoms with Crippen LogP contribution in [0.4, 0.5) is 13.2 Å². The van der Waals surface area contributed by atoms with Crippen molar-refractivity contribution in [2.75, 3.05) is 13.1 Å². The molecule has 1 saturated heterocycles. The predicted molar refractivity (Wildman–Crippen MR) is 107 cm³/mol. The first kappa shape index (κ1) is 21.5. The molecule has 0 radical (unpaired) electrons. The highest BCUT2D eigenvalue weighted by atomic mass is 32.2. The number of aromatic nitrogens is 2. The molecule has 1 fully saturated rings. The molecule has 1 aliphatic heterocycles. The average molecular weight is 451 g/mol. The molecule has 6 nitrogen and oxygen atoms in total. The Balaban J connectivity index is 1.47. The molecule has 0 saturated carbocycles. The van der Waals surface area contributed by atoms with Crippen LogP contribution in [0.15, 0.2) is 59.0 Å². The van der Waals surface area contributed by atoms with E-state index in [-0.39, 0.29) is 30.0 Å². The van der Waals surface area contributed by atoms with E-state index in [1.54, 1.807) is 24.3 Å². The van der Waals surface area contributed by atoms with E-state index in [1.807, 2.05) is 6.07 Å². The standard InChI is InChI=1S/C21H20F3N3O3S/c22-21(23,24)18-10-8-16(9-11-18)19-25-26-20(30-19)17-7-4-12-27(13-17)31(28,29)14-15-5-2-1-3-6-15/h1-3,5-6,8-11,17H,4,7,12-14H2. The normalized spacial score (nSPS) is 18.2. The van der Waals surface area contributed by atoms with E-state index in [2.05, 4.69) is 10.2 Å². The third-order valence-electron chi connectivity index (χ3n) is 5.22. The maximum absolute atomic E-state index is 12.8. The van der Waals surface area contributed by atoms with Crippen LogP contribution < -0.4 is 0 Å². The van der Waals surface area contributed by atoms with Crippen molar-refractivity contribution in [1.82, 2.24) is 14.5 Å². The molecular weight excluding hydrogens is 431 g/mol. The van der Waals surface area contributed by atoms with Crippen LogP contribution in [0, 0.1) is 0 Å². The molecule has 0 amide bonds. The molecule has 1 unspecified atom stereocenters. The van der Waals surface area contributed by atoms with Crippen LogP contribution in [0.1, 0.15) is 35.8 Å².